The lowest BCUT2D eigenvalue weighted by atomic mass is 10.0. The molecule has 3 aromatic rings. The molecule has 10 heteroatoms. The molecule has 9 nitrogen and oxygen atoms in total. The van der Waals surface area contributed by atoms with Gasteiger partial charge < -0.3 is 20.2 Å². The van der Waals surface area contributed by atoms with E-state index in [1.165, 1.54) is 11.3 Å². The molecule has 0 fully saturated rings. The van der Waals surface area contributed by atoms with Gasteiger partial charge in [-0.25, -0.2) is 14.6 Å². The number of nitrogens with two attached hydrogens (primary N) is 1. The lowest BCUT2D eigenvalue weighted by molar-refractivity contribution is -0.136. The summed E-state index contributed by atoms with van der Waals surface area (Å²) in [5.74, 6) is -0.563. The van der Waals surface area contributed by atoms with E-state index >= 15 is 0 Å². The maximum absolute atomic E-state index is 12.9. The second-order valence-corrected chi connectivity index (χ2v) is 7.95. The van der Waals surface area contributed by atoms with Gasteiger partial charge in [-0.3, -0.25) is 4.79 Å². The second kappa shape index (κ2) is 10.2. The van der Waals surface area contributed by atoms with Gasteiger partial charge in [0.2, 0.25) is 0 Å². The molecule has 0 saturated heterocycles. The molecule has 3 N–H and O–H groups in total. The fourth-order valence-electron chi connectivity index (χ4n) is 3.48. The molecule has 0 bridgehead atoms. The van der Waals surface area contributed by atoms with E-state index in [4.69, 9.17) is 26.5 Å². The van der Waals surface area contributed by atoms with Crippen molar-refractivity contribution in [3.05, 3.63) is 94.4 Å². The van der Waals surface area contributed by atoms with Crippen LogP contribution in [0.5, 0.6) is 0 Å². The third-order valence-corrected chi connectivity index (χ3v) is 5.45. The number of amides is 3. The molecule has 1 atom stereocenters. The van der Waals surface area contributed by atoms with Crippen LogP contribution in [0.3, 0.4) is 0 Å². The fourth-order valence-corrected chi connectivity index (χ4v) is 3.61. The topological polar surface area (TPSA) is 127 Å². The number of hydrogen-bond acceptors (Lipinski definition) is 6. The molecule has 0 aliphatic carbocycles. The summed E-state index contributed by atoms with van der Waals surface area (Å²) in [7, 11) is 0. The molecule has 2 heterocycles. The predicted octanol–water partition coefficient (Wildman–Crippen LogP) is 3.64. The Morgan fingerprint density at radius 3 is 2.50 bits per heavy atom. The summed E-state index contributed by atoms with van der Waals surface area (Å²) < 4.78 is 10.7. The zero-order chi connectivity index (χ0) is 24.1. The predicted molar refractivity (Wildman–Crippen MR) is 124 cm³/mol. The van der Waals surface area contributed by atoms with Crippen LogP contribution in [-0.4, -0.2) is 35.2 Å². The van der Waals surface area contributed by atoms with Crippen molar-refractivity contribution in [3.8, 4) is 0 Å². The number of primary amides is 1. The van der Waals surface area contributed by atoms with E-state index in [1.807, 2.05) is 12.1 Å². The third kappa shape index (κ3) is 5.44. The van der Waals surface area contributed by atoms with E-state index in [2.05, 4.69) is 10.4 Å². The van der Waals surface area contributed by atoms with Gasteiger partial charge in [0.1, 0.15) is 11.8 Å². The van der Waals surface area contributed by atoms with Gasteiger partial charge in [0.25, 0.3) is 5.91 Å². The van der Waals surface area contributed by atoms with Crippen LogP contribution in [0.1, 0.15) is 39.7 Å². The molecule has 1 aromatic heterocycles. The Morgan fingerprint density at radius 1 is 1.12 bits per heavy atom. The van der Waals surface area contributed by atoms with Gasteiger partial charge in [-0.2, -0.15) is 5.10 Å². The van der Waals surface area contributed by atoms with Gasteiger partial charge in [0, 0.05) is 18.0 Å². The Morgan fingerprint density at radius 2 is 1.85 bits per heavy atom. The summed E-state index contributed by atoms with van der Waals surface area (Å²) in [6, 6.07) is 16.0. The Balaban J connectivity index is 1.43. The molecule has 1 aliphatic rings. The molecule has 174 valence electrons. The normalized spacial score (nSPS) is 15.0. The SMILES string of the molecule is NC(=O)NCc1ccc(C(=O)OCC(=O)N2N=C(c3ccc(Cl)cc3)CC2c2ccco2)cc1. The molecule has 1 unspecified atom stereocenters. The number of nitrogens with one attached hydrogen (secondary N) is 1. The van der Waals surface area contributed by atoms with E-state index in [0.29, 0.717) is 22.9 Å². The van der Waals surface area contributed by atoms with Crippen molar-refractivity contribution in [2.24, 2.45) is 10.8 Å². The quantitative estimate of drug-likeness (QED) is 0.499. The van der Waals surface area contributed by atoms with Crippen LogP contribution in [0.15, 0.2) is 76.4 Å². The number of benzene rings is 2. The maximum Gasteiger partial charge on any atom is 0.338 e. The number of hydrogen-bond donors (Lipinski definition) is 2. The smallest absolute Gasteiger partial charge is 0.338 e. The zero-order valence-corrected chi connectivity index (χ0v) is 18.7. The highest BCUT2D eigenvalue weighted by atomic mass is 35.5. The van der Waals surface area contributed by atoms with Crippen LogP contribution < -0.4 is 11.1 Å². The summed E-state index contributed by atoms with van der Waals surface area (Å²) in [6.45, 7) is -0.251. The Labute approximate surface area is 200 Å². The largest absolute Gasteiger partial charge is 0.467 e. The minimum Gasteiger partial charge on any atom is -0.467 e. The van der Waals surface area contributed by atoms with Crippen LogP contribution in [0.25, 0.3) is 0 Å². The summed E-state index contributed by atoms with van der Waals surface area (Å²) in [4.78, 5) is 36.2. The minimum atomic E-state index is -0.654. The highest BCUT2D eigenvalue weighted by Gasteiger charge is 2.35. The molecule has 0 radical (unpaired) electrons. The number of esters is 1. The van der Waals surface area contributed by atoms with Gasteiger partial charge in [-0.05, 0) is 47.5 Å². The Bertz CT molecular complexity index is 1210. The lowest BCUT2D eigenvalue weighted by Crippen LogP contribution is -2.31. The molecule has 3 amide bonds. The maximum atomic E-state index is 12.9. The highest BCUT2D eigenvalue weighted by molar-refractivity contribution is 6.30. The van der Waals surface area contributed by atoms with Gasteiger partial charge in [-0.1, -0.05) is 35.9 Å². The summed E-state index contributed by atoms with van der Waals surface area (Å²) in [6.07, 6.45) is 1.97. The molecule has 1 aliphatic heterocycles. The number of halogens is 1. The van der Waals surface area contributed by atoms with E-state index in [1.54, 1.807) is 48.5 Å². The monoisotopic (exact) mass is 480 g/mol. The fraction of sp³-hybridized carbons (Fsp3) is 0.167. The summed E-state index contributed by atoms with van der Waals surface area (Å²) >= 11 is 5.98. The van der Waals surface area contributed by atoms with Crippen molar-refractivity contribution in [2.75, 3.05) is 6.61 Å². The van der Waals surface area contributed by atoms with E-state index < -0.39 is 30.6 Å². The third-order valence-electron chi connectivity index (χ3n) is 5.20. The van der Waals surface area contributed by atoms with Gasteiger partial charge >= 0.3 is 12.0 Å². The number of carbonyl (C=O) groups excluding carboxylic acids is 3. The van der Waals surface area contributed by atoms with E-state index in [-0.39, 0.29) is 12.1 Å². The van der Waals surface area contributed by atoms with E-state index in [9.17, 15) is 14.4 Å². The molecule has 4 rings (SSSR count). The first-order valence-electron chi connectivity index (χ1n) is 10.4. The van der Waals surface area contributed by atoms with E-state index in [0.717, 1.165) is 11.1 Å². The van der Waals surface area contributed by atoms with Gasteiger partial charge in [-0.15, -0.1) is 0 Å². The Hall–Kier alpha value is -4.11. The van der Waals surface area contributed by atoms with Crippen LogP contribution in [0, 0.1) is 0 Å². The number of furan rings is 1. The summed E-state index contributed by atoms with van der Waals surface area (Å²) in [5.41, 5.74) is 7.60. The van der Waals surface area contributed by atoms with Crippen molar-refractivity contribution >= 4 is 35.2 Å². The standard InChI is InChI=1S/C24H21ClN4O5/c25-18-9-7-16(8-10-18)19-12-20(21-2-1-11-33-21)29(28-19)22(30)14-34-23(31)17-5-3-15(4-6-17)13-27-24(26)32/h1-11,20H,12-14H2,(H3,26,27,32). The first-order valence-corrected chi connectivity index (χ1v) is 10.8. The average molecular weight is 481 g/mol. The number of hydrazone groups is 1. The first-order chi connectivity index (χ1) is 16.4. The van der Waals surface area contributed by atoms with Gasteiger partial charge in [0.15, 0.2) is 6.61 Å². The number of carbonyl (C=O) groups is 3. The van der Waals surface area contributed by atoms with Crippen molar-refractivity contribution < 1.29 is 23.5 Å². The lowest BCUT2D eigenvalue weighted by Gasteiger charge is -2.19. The second-order valence-electron chi connectivity index (χ2n) is 7.52. The highest BCUT2D eigenvalue weighted by Crippen LogP contribution is 2.33. The number of nitrogens with zero attached hydrogens (tertiary/aromatic N) is 2. The molecule has 34 heavy (non-hydrogen) atoms. The molecular weight excluding hydrogens is 460 g/mol. The molecule has 0 spiro atoms. The van der Waals surface area contributed by atoms with Crippen molar-refractivity contribution in [1.29, 1.82) is 0 Å². The van der Waals surface area contributed by atoms with Crippen molar-refractivity contribution in [1.82, 2.24) is 10.3 Å². The average Bonchev–Trinajstić information content (AvgIpc) is 3.52. The van der Waals surface area contributed by atoms with Gasteiger partial charge in [0.05, 0.1) is 17.5 Å². The minimum absolute atomic E-state index is 0.236. The van der Waals surface area contributed by atoms with Crippen LogP contribution in [0.2, 0.25) is 5.02 Å². The number of urea groups is 1. The zero-order valence-electron chi connectivity index (χ0n) is 17.9. The summed E-state index contributed by atoms with van der Waals surface area (Å²) in [5, 5.41) is 8.83. The molecular formula is C24H21ClN4O5. The first kappa shape index (κ1) is 23.1. The van der Waals surface area contributed by atoms with Crippen molar-refractivity contribution in [3.63, 3.8) is 0 Å². The van der Waals surface area contributed by atoms with Crippen LogP contribution in [0.4, 0.5) is 4.79 Å². The van der Waals surface area contributed by atoms with Crippen LogP contribution >= 0.6 is 11.6 Å². The number of rotatable bonds is 7. The molecule has 0 saturated carbocycles. The van der Waals surface area contributed by atoms with Crippen molar-refractivity contribution in [2.45, 2.75) is 19.0 Å². The molecule has 2 aromatic carbocycles. The Kier molecular flexibility index (Phi) is 6.93. The van der Waals surface area contributed by atoms with Crippen LogP contribution in [-0.2, 0) is 16.1 Å². The number of ether oxygens (including phenoxy) is 1.